The van der Waals surface area contributed by atoms with E-state index in [-0.39, 0.29) is 0 Å². The van der Waals surface area contributed by atoms with Gasteiger partial charge in [-0.25, -0.2) is 9.78 Å². The predicted octanol–water partition coefficient (Wildman–Crippen LogP) is 6.79. The van der Waals surface area contributed by atoms with E-state index in [2.05, 4.69) is 11.6 Å². The van der Waals surface area contributed by atoms with Gasteiger partial charge < -0.3 is 23.7 Å². The van der Waals surface area contributed by atoms with E-state index in [0.29, 0.717) is 53.9 Å². The van der Waals surface area contributed by atoms with Crippen molar-refractivity contribution in [2.45, 2.75) is 46.1 Å². The van der Waals surface area contributed by atoms with Gasteiger partial charge in [-0.1, -0.05) is 31.7 Å². The molecule has 194 valence electrons. The number of oxazole rings is 1. The van der Waals surface area contributed by atoms with E-state index in [1.807, 2.05) is 56.3 Å². The number of ether oxygens (including phenoxy) is 3. The minimum atomic E-state index is -1.27. The van der Waals surface area contributed by atoms with Gasteiger partial charge in [0, 0.05) is 12.0 Å². The van der Waals surface area contributed by atoms with Crippen molar-refractivity contribution in [2.24, 2.45) is 0 Å². The van der Waals surface area contributed by atoms with E-state index in [9.17, 15) is 9.90 Å². The molecular weight excluding hydrogens is 470 g/mol. The third-order valence-electron chi connectivity index (χ3n) is 5.78. The van der Waals surface area contributed by atoms with Gasteiger partial charge in [0.2, 0.25) is 11.5 Å². The van der Waals surface area contributed by atoms with E-state index in [0.717, 1.165) is 11.4 Å². The Morgan fingerprint density at radius 1 is 1.08 bits per heavy atom. The standard InChI is InChI=1S/C30H33NO6/c1-6-23(36-25-11-9-8-10-12-25)14-13-21(3)28-31-27(22(4)35-28)19-20-34-24-15-17-26(18-16-24)37-30(5,7-2)29(32)33/h6,8-18H,3,7,19-20H2,1-2,4-5H3,(H,32,33)/b14-13-,23-6+. The third kappa shape index (κ3) is 7.61. The Morgan fingerprint density at radius 2 is 1.76 bits per heavy atom. The zero-order valence-corrected chi connectivity index (χ0v) is 21.7. The van der Waals surface area contributed by atoms with Crippen molar-refractivity contribution in [3.63, 3.8) is 0 Å². The molecule has 0 amide bonds. The molecule has 0 aliphatic heterocycles. The van der Waals surface area contributed by atoms with Gasteiger partial charge in [0.25, 0.3) is 0 Å². The Kier molecular flexibility index (Phi) is 9.33. The number of hydrogen-bond donors (Lipinski definition) is 1. The Bertz CT molecular complexity index is 1260. The fourth-order valence-electron chi connectivity index (χ4n) is 3.26. The minimum absolute atomic E-state index is 0.347. The van der Waals surface area contributed by atoms with Gasteiger partial charge in [-0.05, 0) is 81.8 Å². The maximum atomic E-state index is 11.4. The SMILES string of the molecule is C=C(/C=C\C(=C/C)Oc1ccccc1)c1nc(CCOc2ccc(OC(C)(CC)C(=O)O)cc2)c(C)o1. The molecule has 7 heteroatoms. The van der Waals surface area contributed by atoms with Crippen LogP contribution in [0.3, 0.4) is 0 Å². The Balaban J connectivity index is 1.53. The highest BCUT2D eigenvalue weighted by atomic mass is 16.5. The summed E-state index contributed by atoms with van der Waals surface area (Å²) >= 11 is 0. The second-order valence-corrected chi connectivity index (χ2v) is 8.55. The molecule has 0 aliphatic carbocycles. The second kappa shape index (κ2) is 12.6. The Morgan fingerprint density at radius 3 is 2.38 bits per heavy atom. The molecule has 3 rings (SSSR count). The van der Waals surface area contributed by atoms with Crippen molar-refractivity contribution >= 4 is 11.5 Å². The van der Waals surface area contributed by atoms with Crippen LogP contribution >= 0.6 is 0 Å². The lowest BCUT2D eigenvalue weighted by Gasteiger charge is -2.24. The number of allylic oxidation sites excluding steroid dienone is 4. The van der Waals surface area contributed by atoms with Crippen molar-refractivity contribution in [3.05, 3.63) is 103 Å². The first-order chi connectivity index (χ1) is 17.7. The van der Waals surface area contributed by atoms with Gasteiger partial charge in [0.05, 0.1) is 12.3 Å². The van der Waals surface area contributed by atoms with Crippen molar-refractivity contribution < 1.29 is 28.5 Å². The number of rotatable bonds is 13. The molecule has 0 radical (unpaired) electrons. The van der Waals surface area contributed by atoms with Crippen LogP contribution in [0.25, 0.3) is 5.57 Å². The summed E-state index contributed by atoms with van der Waals surface area (Å²) in [5.74, 6) is 2.70. The first-order valence-electron chi connectivity index (χ1n) is 12.1. The molecule has 1 heterocycles. The van der Waals surface area contributed by atoms with Crippen LogP contribution in [-0.4, -0.2) is 28.3 Å². The van der Waals surface area contributed by atoms with Gasteiger partial charge in [0.1, 0.15) is 28.8 Å². The molecule has 1 unspecified atom stereocenters. The average Bonchev–Trinajstić information content (AvgIpc) is 3.28. The van der Waals surface area contributed by atoms with Crippen molar-refractivity contribution in [3.8, 4) is 17.2 Å². The first-order valence-corrected chi connectivity index (χ1v) is 12.1. The molecule has 1 atom stereocenters. The first kappa shape index (κ1) is 27.3. The molecule has 1 N–H and O–H groups in total. The Labute approximate surface area is 217 Å². The van der Waals surface area contributed by atoms with Crippen LogP contribution in [0.1, 0.15) is 44.5 Å². The number of aromatic nitrogens is 1. The molecule has 0 saturated heterocycles. The largest absolute Gasteiger partial charge is 0.493 e. The fourth-order valence-corrected chi connectivity index (χ4v) is 3.26. The highest BCUT2D eigenvalue weighted by Crippen LogP contribution is 2.25. The summed E-state index contributed by atoms with van der Waals surface area (Å²) in [7, 11) is 0. The summed E-state index contributed by atoms with van der Waals surface area (Å²) in [5, 5.41) is 9.37. The molecule has 7 nitrogen and oxygen atoms in total. The number of aryl methyl sites for hydroxylation is 1. The normalized spacial score (nSPS) is 13.2. The highest BCUT2D eigenvalue weighted by molar-refractivity contribution is 5.77. The maximum Gasteiger partial charge on any atom is 0.347 e. The van der Waals surface area contributed by atoms with Gasteiger partial charge >= 0.3 is 5.97 Å². The van der Waals surface area contributed by atoms with Crippen molar-refractivity contribution in [2.75, 3.05) is 6.61 Å². The number of carboxylic acid groups (broad SMARTS) is 1. The number of para-hydroxylation sites is 1. The molecular formula is C30H33NO6. The molecule has 0 bridgehead atoms. The predicted molar refractivity (Wildman–Crippen MR) is 143 cm³/mol. The van der Waals surface area contributed by atoms with Crippen molar-refractivity contribution in [1.82, 2.24) is 4.98 Å². The quantitative estimate of drug-likeness (QED) is 0.203. The van der Waals surface area contributed by atoms with Gasteiger partial charge in [-0.15, -0.1) is 0 Å². The van der Waals surface area contributed by atoms with Crippen LogP contribution < -0.4 is 14.2 Å². The summed E-state index contributed by atoms with van der Waals surface area (Å²) < 4.78 is 23.1. The number of benzene rings is 2. The average molecular weight is 504 g/mol. The number of hydrogen-bond acceptors (Lipinski definition) is 6. The molecule has 2 aromatic carbocycles. The second-order valence-electron chi connectivity index (χ2n) is 8.55. The minimum Gasteiger partial charge on any atom is -0.493 e. The molecule has 0 fully saturated rings. The smallest absolute Gasteiger partial charge is 0.347 e. The third-order valence-corrected chi connectivity index (χ3v) is 5.78. The molecule has 1 aromatic heterocycles. The zero-order valence-electron chi connectivity index (χ0n) is 21.7. The summed E-state index contributed by atoms with van der Waals surface area (Å²) in [6.45, 7) is 11.5. The molecule has 0 spiro atoms. The van der Waals surface area contributed by atoms with E-state index in [1.165, 1.54) is 0 Å². The van der Waals surface area contributed by atoms with E-state index >= 15 is 0 Å². The van der Waals surface area contributed by atoms with Gasteiger partial charge in [-0.2, -0.15) is 0 Å². The zero-order chi connectivity index (χ0) is 26.8. The molecule has 0 aliphatic rings. The highest BCUT2D eigenvalue weighted by Gasteiger charge is 2.33. The number of carboxylic acids is 1. The number of nitrogens with zero attached hydrogens (tertiary/aromatic N) is 1. The monoisotopic (exact) mass is 503 g/mol. The lowest BCUT2D eigenvalue weighted by molar-refractivity contribution is -0.154. The van der Waals surface area contributed by atoms with E-state index in [4.69, 9.17) is 18.6 Å². The summed E-state index contributed by atoms with van der Waals surface area (Å²) in [4.78, 5) is 16.0. The van der Waals surface area contributed by atoms with Crippen LogP contribution in [0, 0.1) is 6.92 Å². The van der Waals surface area contributed by atoms with Crippen LogP contribution in [0.2, 0.25) is 0 Å². The summed E-state index contributed by atoms with van der Waals surface area (Å²) in [5.41, 5.74) is 0.145. The van der Waals surface area contributed by atoms with Crippen LogP contribution in [0.4, 0.5) is 0 Å². The molecule has 37 heavy (non-hydrogen) atoms. The lowest BCUT2D eigenvalue weighted by Crippen LogP contribution is -2.40. The fraction of sp³-hybridized carbons (Fsp3) is 0.267. The van der Waals surface area contributed by atoms with Crippen LogP contribution in [0.15, 0.2) is 89.6 Å². The summed E-state index contributed by atoms with van der Waals surface area (Å²) in [6.07, 6.45) is 6.40. The van der Waals surface area contributed by atoms with Crippen LogP contribution in [-0.2, 0) is 11.2 Å². The molecule has 0 saturated carbocycles. The number of aliphatic carboxylic acids is 1. The maximum absolute atomic E-state index is 11.4. The molecule has 3 aromatic rings. The number of carbonyl (C=O) groups is 1. The topological polar surface area (TPSA) is 91.0 Å². The Hall–Kier alpha value is -4.26. The van der Waals surface area contributed by atoms with Crippen LogP contribution in [0.5, 0.6) is 17.2 Å². The van der Waals surface area contributed by atoms with E-state index in [1.54, 1.807) is 44.2 Å². The summed E-state index contributed by atoms with van der Waals surface area (Å²) in [6, 6.07) is 16.4. The van der Waals surface area contributed by atoms with Gasteiger partial charge in [0.15, 0.2) is 0 Å². The van der Waals surface area contributed by atoms with E-state index < -0.39 is 11.6 Å². The van der Waals surface area contributed by atoms with Gasteiger partial charge in [-0.3, -0.25) is 0 Å². The van der Waals surface area contributed by atoms with Crippen molar-refractivity contribution in [1.29, 1.82) is 0 Å². The lowest BCUT2D eigenvalue weighted by atomic mass is 10.0.